The molecule has 0 aliphatic carbocycles. The van der Waals surface area contributed by atoms with E-state index in [4.69, 9.17) is 10.5 Å². The topological polar surface area (TPSA) is 84.9 Å². The van der Waals surface area contributed by atoms with Crippen LogP contribution in [0.25, 0.3) is 12.2 Å². The summed E-state index contributed by atoms with van der Waals surface area (Å²) in [6.07, 6.45) is 7.46. The van der Waals surface area contributed by atoms with E-state index in [9.17, 15) is 0 Å². The van der Waals surface area contributed by atoms with Gasteiger partial charge in [-0.05, 0) is 35.4 Å². The summed E-state index contributed by atoms with van der Waals surface area (Å²) in [6.45, 7) is 0. The Balaban J connectivity index is 2.03. The number of hydrogen-bond acceptors (Lipinski definition) is 5. The molecule has 0 radical (unpaired) electrons. The number of nitrogens with one attached hydrogen (secondary N) is 1. The summed E-state index contributed by atoms with van der Waals surface area (Å²) < 4.78 is 0. The maximum Gasteiger partial charge on any atom is 0.237 e. The Morgan fingerprint density at radius 3 is 2.10 bits per heavy atom. The maximum absolute atomic E-state index is 8.57. The molecule has 0 bridgehead atoms. The third kappa shape index (κ3) is 4.30. The third-order valence-electron chi connectivity index (χ3n) is 2.59. The second-order valence-corrected chi connectivity index (χ2v) is 4.03. The number of hydrogen-bond donors (Lipinski definition) is 1. The van der Waals surface area contributed by atoms with Crippen LogP contribution in [0.2, 0.25) is 0 Å². The molecule has 0 spiro atoms. The van der Waals surface area contributed by atoms with Crippen LogP contribution in [-0.2, 0) is 0 Å². The Morgan fingerprint density at radius 2 is 1.52 bits per heavy atom. The number of anilines is 1. The maximum atomic E-state index is 8.57. The first-order valence-electron chi connectivity index (χ1n) is 6.14. The van der Waals surface area contributed by atoms with Gasteiger partial charge >= 0.3 is 0 Å². The van der Waals surface area contributed by atoms with Crippen molar-refractivity contribution < 1.29 is 0 Å². The zero-order valence-corrected chi connectivity index (χ0v) is 11.1. The normalized spacial score (nSPS) is 9.62. The van der Waals surface area contributed by atoms with Gasteiger partial charge in [0.05, 0.1) is 5.69 Å². The highest BCUT2D eigenvalue weighted by atomic mass is 15.3. The number of hydrazone groups is 1. The lowest BCUT2D eigenvalue weighted by atomic mass is 10.1. The van der Waals surface area contributed by atoms with Crippen LogP contribution in [-0.4, -0.2) is 10.7 Å². The fraction of sp³-hybridized carbons (Fsp3) is 0. The molecule has 0 aliphatic heterocycles. The minimum absolute atomic E-state index is 0.211. The van der Waals surface area contributed by atoms with Crippen molar-refractivity contribution in [2.24, 2.45) is 5.10 Å². The van der Waals surface area contributed by atoms with E-state index in [1.807, 2.05) is 48.6 Å². The molecule has 2 rings (SSSR count). The fourth-order valence-corrected chi connectivity index (χ4v) is 1.53. The number of nitriles is 2. The van der Waals surface area contributed by atoms with Gasteiger partial charge in [0, 0.05) is 12.4 Å². The summed E-state index contributed by atoms with van der Waals surface area (Å²) >= 11 is 0. The predicted molar refractivity (Wildman–Crippen MR) is 81.9 cm³/mol. The van der Waals surface area contributed by atoms with E-state index in [-0.39, 0.29) is 5.71 Å². The molecular weight excluding hydrogens is 262 g/mol. The fourth-order valence-electron chi connectivity index (χ4n) is 1.53. The molecule has 5 nitrogen and oxygen atoms in total. The van der Waals surface area contributed by atoms with E-state index < -0.39 is 0 Å². The first-order valence-corrected chi connectivity index (χ1v) is 6.14. The van der Waals surface area contributed by atoms with Crippen molar-refractivity contribution in [2.75, 3.05) is 5.43 Å². The summed E-state index contributed by atoms with van der Waals surface area (Å²) in [4.78, 5) is 3.96. The number of aromatic nitrogens is 1. The van der Waals surface area contributed by atoms with Gasteiger partial charge < -0.3 is 0 Å². The van der Waals surface area contributed by atoms with Crippen molar-refractivity contribution in [1.82, 2.24) is 4.98 Å². The van der Waals surface area contributed by atoms with Gasteiger partial charge in [0.15, 0.2) is 0 Å². The van der Waals surface area contributed by atoms with E-state index in [1.165, 1.54) is 0 Å². The average Bonchev–Trinajstić information content (AvgIpc) is 2.56. The summed E-state index contributed by atoms with van der Waals surface area (Å²) in [7, 11) is 0. The van der Waals surface area contributed by atoms with Crippen LogP contribution in [0.5, 0.6) is 0 Å². The van der Waals surface area contributed by atoms with Crippen LogP contribution in [0, 0.1) is 22.7 Å². The number of pyridine rings is 1. The van der Waals surface area contributed by atoms with Crippen LogP contribution < -0.4 is 5.43 Å². The molecule has 0 saturated heterocycles. The summed E-state index contributed by atoms with van der Waals surface area (Å²) in [5, 5.41) is 20.8. The highest BCUT2D eigenvalue weighted by molar-refractivity contribution is 6.10. The third-order valence-corrected chi connectivity index (χ3v) is 2.59. The van der Waals surface area contributed by atoms with Crippen molar-refractivity contribution in [3.8, 4) is 12.1 Å². The Hall–Kier alpha value is -3.44. The summed E-state index contributed by atoms with van der Waals surface area (Å²) in [5.41, 5.74) is 5.26. The second kappa shape index (κ2) is 7.22. The molecule has 1 N–H and O–H groups in total. The van der Waals surface area contributed by atoms with Crippen LogP contribution >= 0.6 is 0 Å². The van der Waals surface area contributed by atoms with Gasteiger partial charge in [-0.15, -0.1) is 0 Å². The van der Waals surface area contributed by atoms with Gasteiger partial charge in [-0.3, -0.25) is 10.4 Å². The largest absolute Gasteiger partial charge is 0.277 e. The van der Waals surface area contributed by atoms with Gasteiger partial charge in [0.25, 0.3) is 0 Å². The standard InChI is InChI=1S/C16H11N5/c17-11-16(12-18)21-20-15-5-3-13(4-6-15)1-2-14-7-9-19-10-8-14/h1-10,20H. The van der Waals surface area contributed by atoms with Crippen LogP contribution in [0.3, 0.4) is 0 Å². The molecule has 21 heavy (non-hydrogen) atoms. The van der Waals surface area contributed by atoms with E-state index in [2.05, 4.69) is 15.5 Å². The predicted octanol–water partition coefficient (Wildman–Crippen LogP) is 3.07. The summed E-state index contributed by atoms with van der Waals surface area (Å²) in [5.74, 6) is 0. The Bertz CT molecular complexity index is 715. The smallest absolute Gasteiger partial charge is 0.237 e. The van der Waals surface area contributed by atoms with Crippen LogP contribution in [0.4, 0.5) is 5.69 Å². The molecular formula is C16H11N5. The second-order valence-electron chi connectivity index (χ2n) is 4.03. The van der Waals surface area contributed by atoms with E-state index >= 15 is 0 Å². The molecule has 0 aliphatic rings. The minimum atomic E-state index is -0.211. The molecule has 1 aromatic heterocycles. The molecule has 100 valence electrons. The first kappa shape index (κ1) is 14.0. The van der Waals surface area contributed by atoms with Crippen molar-refractivity contribution in [1.29, 1.82) is 10.5 Å². The van der Waals surface area contributed by atoms with Crippen LogP contribution in [0.15, 0.2) is 53.9 Å². The average molecular weight is 273 g/mol. The van der Waals surface area contributed by atoms with Crippen molar-refractivity contribution >= 4 is 23.6 Å². The van der Waals surface area contributed by atoms with Gasteiger partial charge in [-0.1, -0.05) is 24.3 Å². The van der Waals surface area contributed by atoms with Crippen molar-refractivity contribution in [2.45, 2.75) is 0 Å². The lowest BCUT2D eigenvalue weighted by Crippen LogP contribution is -1.95. The van der Waals surface area contributed by atoms with Gasteiger partial charge in [-0.25, -0.2) is 0 Å². The summed E-state index contributed by atoms with van der Waals surface area (Å²) in [6, 6.07) is 14.7. The number of nitrogens with zero attached hydrogens (tertiary/aromatic N) is 4. The van der Waals surface area contributed by atoms with Gasteiger partial charge in [0.2, 0.25) is 5.71 Å². The number of benzene rings is 1. The molecule has 1 aromatic carbocycles. The van der Waals surface area contributed by atoms with E-state index in [0.717, 1.165) is 11.1 Å². The van der Waals surface area contributed by atoms with Crippen LogP contribution in [0.1, 0.15) is 11.1 Å². The molecule has 2 aromatic rings. The number of rotatable bonds is 4. The van der Waals surface area contributed by atoms with Crippen molar-refractivity contribution in [3.63, 3.8) is 0 Å². The zero-order valence-electron chi connectivity index (χ0n) is 11.1. The van der Waals surface area contributed by atoms with Gasteiger partial charge in [0.1, 0.15) is 12.1 Å². The molecule has 0 fully saturated rings. The zero-order chi connectivity index (χ0) is 14.9. The Labute approximate surface area is 122 Å². The van der Waals surface area contributed by atoms with E-state index in [1.54, 1.807) is 24.5 Å². The SMILES string of the molecule is N#CC(C#N)=NNc1ccc(C=Cc2ccncc2)cc1. The Kier molecular flexibility index (Phi) is 4.81. The molecule has 0 saturated carbocycles. The van der Waals surface area contributed by atoms with Gasteiger partial charge in [-0.2, -0.15) is 15.6 Å². The molecule has 0 amide bonds. The quantitative estimate of drug-likeness (QED) is 0.685. The van der Waals surface area contributed by atoms with Crippen molar-refractivity contribution in [3.05, 3.63) is 59.9 Å². The Morgan fingerprint density at radius 1 is 0.952 bits per heavy atom. The monoisotopic (exact) mass is 273 g/mol. The highest BCUT2D eigenvalue weighted by Gasteiger charge is 1.94. The highest BCUT2D eigenvalue weighted by Crippen LogP contribution is 2.12. The lowest BCUT2D eigenvalue weighted by Gasteiger charge is -2.00. The first-order chi connectivity index (χ1) is 10.3. The van der Waals surface area contributed by atoms with E-state index in [0.29, 0.717) is 5.69 Å². The lowest BCUT2D eigenvalue weighted by molar-refractivity contribution is 1.32. The molecule has 0 unspecified atom stereocenters. The minimum Gasteiger partial charge on any atom is -0.277 e. The molecule has 1 heterocycles. The molecule has 5 heteroatoms. The molecule has 0 atom stereocenters.